The molecule has 0 atom stereocenters. The lowest BCUT2D eigenvalue weighted by Crippen LogP contribution is -1.95. The fourth-order valence-corrected chi connectivity index (χ4v) is 1.80. The fraction of sp³-hybridized carbons (Fsp3) is 0.400. The third-order valence-electron chi connectivity index (χ3n) is 2.43. The molecule has 2 aromatic rings. The Morgan fingerprint density at radius 1 is 1.38 bits per heavy atom. The molecule has 0 N–H and O–H groups in total. The summed E-state index contributed by atoms with van der Waals surface area (Å²) in [5.74, 6) is 0. The van der Waals surface area contributed by atoms with Crippen molar-refractivity contribution in [2.24, 2.45) is 0 Å². The summed E-state index contributed by atoms with van der Waals surface area (Å²) in [5.41, 5.74) is 4.88. The summed E-state index contributed by atoms with van der Waals surface area (Å²) in [5, 5.41) is 4.18. The number of hydrogen-bond donors (Lipinski definition) is 0. The van der Waals surface area contributed by atoms with Gasteiger partial charge in [0.25, 0.3) is 0 Å². The third-order valence-corrected chi connectivity index (χ3v) is 2.43. The van der Waals surface area contributed by atoms with Gasteiger partial charge in [-0.2, -0.15) is 5.10 Å². The zero-order valence-corrected chi connectivity index (χ0v) is 8.20. The highest BCUT2D eigenvalue weighted by molar-refractivity contribution is 5.61. The Bertz CT molecular complexity index is 443. The summed E-state index contributed by atoms with van der Waals surface area (Å²) in [7, 11) is 0. The number of hydrogen-bond acceptors (Lipinski definition) is 2. The Kier molecular flexibility index (Phi) is 1.79. The lowest BCUT2D eigenvalue weighted by atomic mass is 10.1. The average molecular weight is 175 g/mol. The first-order chi connectivity index (χ1) is 6.24. The summed E-state index contributed by atoms with van der Waals surface area (Å²) >= 11 is 0. The molecular weight excluding hydrogens is 162 g/mol. The minimum absolute atomic E-state index is 1.04. The number of aromatic nitrogens is 3. The molecule has 0 unspecified atom stereocenters. The molecule has 0 aromatic carbocycles. The maximum Gasteiger partial charge on any atom is 0.136 e. The van der Waals surface area contributed by atoms with Crippen molar-refractivity contribution in [3.05, 3.63) is 29.3 Å². The van der Waals surface area contributed by atoms with Gasteiger partial charge in [-0.3, -0.25) is 0 Å². The van der Waals surface area contributed by atoms with Gasteiger partial charge in [0.15, 0.2) is 0 Å². The molecule has 2 heterocycles. The van der Waals surface area contributed by atoms with Gasteiger partial charge < -0.3 is 0 Å². The predicted octanol–water partition coefficient (Wildman–Crippen LogP) is 1.91. The van der Waals surface area contributed by atoms with Crippen molar-refractivity contribution in [2.45, 2.75) is 27.2 Å². The van der Waals surface area contributed by atoms with Crippen LogP contribution in [0.1, 0.15) is 23.7 Å². The first kappa shape index (κ1) is 8.23. The van der Waals surface area contributed by atoms with Crippen molar-refractivity contribution < 1.29 is 0 Å². The lowest BCUT2D eigenvalue weighted by molar-refractivity contribution is 0.883. The molecular formula is C10H13N3. The maximum absolute atomic E-state index is 4.20. The quantitative estimate of drug-likeness (QED) is 0.662. The van der Waals surface area contributed by atoms with Crippen LogP contribution in [0.4, 0.5) is 0 Å². The minimum Gasteiger partial charge on any atom is -0.238 e. The standard InChI is InChI=1S/C10H13N3/c1-4-9-7(2)5-13-10(9)8(3)11-6-12-13/h5-6H,4H2,1-3H3. The van der Waals surface area contributed by atoms with Crippen LogP contribution >= 0.6 is 0 Å². The van der Waals surface area contributed by atoms with Crippen LogP contribution in [0.2, 0.25) is 0 Å². The molecule has 68 valence electrons. The highest BCUT2D eigenvalue weighted by atomic mass is 15.2. The number of fused-ring (bicyclic) bond motifs is 1. The molecule has 2 rings (SSSR count). The fourth-order valence-electron chi connectivity index (χ4n) is 1.80. The van der Waals surface area contributed by atoms with E-state index >= 15 is 0 Å². The van der Waals surface area contributed by atoms with Crippen molar-refractivity contribution >= 4 is 5.52 Å². The molecule has 0 aliphatic rings. The second kappa shape index (κ2) is 2.83. The Labute approximate surface area is 77.4 Å². The summed E-state index contributed by atoms with van der Waals surface area (Å²) in [4.78, 5) is 4.20. The highest BCUT2D eigenvalue weighted by Gasteiger charge is 2.08. The van der Waals surface area contributed by atoms with Gasteiger partial charge >= 0.3 is 0 Å². The monoisotopic (exact) mass is 175 g/mol. The molecule has 13 heavy (non-hydrogen) atoms. The van der Waals surface area contributed by atoms with E-state index in [1.165, 1.54) is 16.6 Å². The van der Waals surface area contributed by atoms with E-state index in [4.69, 9.17) is 0 Å². The molecule has 0 amide bonds. The van der Waals surface area contributed by atoms with E-state index in [1.807, 2.05) is 11.4 Å². The summed E-state index contributed by atoms with van der Waals surface area (Å²) in [6.07, 6.45) is 4.70. The van der Waals surface area contributed by atoms with Crippen LogP contribution in [-0.2, 0) is 6.42 Å². The van der Waals surface area contributed by atoms with Crippen molar-refractivity contribution in [1.29, 1.82) is 0 Å². The van der Waals surface area contributed by atoms with E-state index < -0.39 is 0 Å². The normalized spacial score (nSPS) is 11.0. The first-order valence-electron chi connectivity index (χ1n) is 4.52. The van der Waals surface area contributed by atoms with Crippen LogP contribution in [0.25, 0.3) is 5.52 Å². The van der Waals surface area contributed by atoms with E-state index in [9.17, 15) is 0 Å². The van der Waals surface area contributed by atoms with Gasteiger partial charge in [-0.1, -0.05) is 6.92 Å². The second-order valence-corrected chi connectivity index (χ2v) is 3.28. The average Bonchev–Trinajstić information content (AvgIpc) is 2.42. The topological polar surface area (TPSA) is 30.2 Å². The number of nitrogens with zero attached hydrogens (tertiary/aromatic N) is 3. The summed E-state index contributed by atoms with van der Waals surface area (Å²) in [6, 6.07) is 0. The Morgan fingerprint density at radius 3 is 2.85 bits per heavy atom. The molecule has 0 aliphatic carbocycles. The highest BCUT2D eigenvalue weighted by Crippen LogP contribution is 2.19. The minimum atomic E-state index is 1.04. The molecule has 2 aromatic heterocycles. The van der Waals surface area contributed by atoms with Crippen molar-refractivity contribution in [2.75, 3.05) is 0 Å². The zero-order valence-electron chi connectivity index (χ0n) is 8.20. The molecule has 0 spiro atoms. The van der Waals surface area contributed by atoms with Crippen LogP contribution in [0.5, 0.6) is 0 Å². The van der Waals surface area contributed by atoms with E-state index in [-0.39, 0.29) is 0 Å². The van der Waals surface area contributed by atoms with Crippen molar-refractivity contribution in [3.63, 3.8) is 0 Å². The molecule has 0 saturated carbocycles. The predicted molar refractivity (Wildman–Crippen MR) is 51.8 cm³/mol. The van der Waals surface area contributed by atoms with Crippen LogP contribution in [0, 0.1) is 13.8 Å². The Hall–Kier alpha value is -1.38. The zero-order chi connectivity index (χ0) is 9.42. The maximum atomic E-state index is 4.20. The van der Waals surface area contributed by atoms with Gasteiger partial charge in [-0.15, -0.1) is 0 Å². The molecule has 0 bridgehead atoms. The van der Waals surface area contributed by atoms with Crippen LogP contribution in [0.3, 0.4) is 0 Å². The SMILES string of the molecule is CCc1c(C)cn2ncnc(C)c12. The van der Waals surface area contributed by atoms with E-state index in [1.54, 1.807) is 6.33 Å². The van der Waals surface area contributed by atoms with Gasteiger partial charge in [0, 0.05) is 6.20 Å². The molecule has 0 aliphatic heterocycles. The van der Waals surface area contributed by atoms with Gasteiger partial charge in [-0.25, -0.2) is 9.50 Å². The summed E-state index contributed by atoms with van der Waals surface area (Å²) in [6.45, 7) is 6.30. The Morgan fingerprint density at radius 2 is 2.15 bits per heavy atom. The molecule has 0 fully saturated rings. The number of rotatable bonds is 1. The van der Waals surface area contributed by atoms with Crippen LogP contribution in [-0.4, -0.2) is 14.6 Å². The van der Waals surface area contributed by atoms with Crippen molar-refractivity contribution in [3.8, 4) is 0 Å². The largest absolute Gasteiger partial charge is 0.238 e. The van der Waals surface area contributed by atoms with Gasteiger partial charge in [-0.05, 0) is 31.4 Å². The lowest BCUT2D eigenvalue weighted by Gasteiger charge is -1.99. The van der Waals surface area contributed by atoms with Crippen LogP contribution < -0.4 is 0 Å². The Balaban J connectivity index is 2.88. The molecule has 3 heteroatoms. The number of aryl methyl sites for hydroxylation is 3. The van der Waals surface area contributed by atoms with Gasteiger partial charge in [0.05, 0.1) is 11.2 Å². The molecule has 0 saturated heterocycles. The van der Waals surface area contributed by atoms with E-state index in [0.29, 0.717) is 0 Å². The second-order valence-electron chi connectivity index (χ2n) is 3.28. The summed E-state index contributed by atoms with van der Waals surface area (Å²) < 4.78 is 1.91. The van der Waals surface area contributed by atoms with Crippen LogP contribution in [0.15, 0.2) is 12.5 Å². The van der Waals surface area contributed by atoms with E-state index in [2.05, 4.69) is 30.1 Å². The smallest absolute Gasteiger partial charge is 0.136 e. The van der Waals surface area contributed by atoms with Crippen molar-refractivity contribution in [1.82, 2.24) is 14.6 Å². The van der Waals surface area contributed by atoms with Gasteiger partial charge in [0.1, 0.15) is 6.33 Å². The molecule has 0 radical (unpaired) electrons. The first-order valence-corrected chi connectivity index (χ1v) is 4.52. The van der Waals surface area contributed by atoms with E-state index in [0.717, 1.165) is 12.1 Å². The molecule has 3 nitrogen and oxygen atoms in total. The van der Waals surface area contributed by atoms with Gasteiger partial charge in [0.2, 0.25) is 0 Å². The third kappa shape index (κ3) is 1.11.